The van der Waals surface area contributed by atoms with Crippen molar-refractivity contribution in [2.24, 2.45) is 0 Å². The average Bonchev–Trinajstić information content (AvgIpc) is 1.90. The molecule has 0 radical (unpaired) electrons. The highest BCUT2D eigenvalue weighted by Crippen LogP contribution is 2.03. The van der Waals surface area contributed by atoms with Crippen LogP contribution in [0.1, 0.15) is 5.69 Å². The molecule has 0 aliphatic carbocycles. The van der Waals surface area contributed by atoms with Gasteiger partial charge in [-0.1, -0.05) is 0 Å². The molecule has 0 bridgehead atoms. The molecule has 0 aromatic carbocycles. The zero-order chi connectivity index (χ0) is 6.69. The van der Waals surface area contributed by atoms with Gasteiger partial charge in [0.2, 0.25) is 0 Å². The molecule has 1 aromatic heterocycles. The zero-order valence-corrected chi connectivity index (χ0v) is 6.14. The molecule has 1 aromatic rings. The van der Waals surface area contributed by atoms with Gasteiger partial charge in [-0.3, -0.25) is 0 Å². The number of nitrogens with one attached hydrogen (secondary N) is 1. The van der Waals surface area contributed by atoms with Crippen molar-refractivity contribution in [2.75, 3.05) is 0 Å². The third kappa shape index (κ3) is 1.51. The summed E-state index contributed by atoms with van der Waals surface area (Å²) in [6, 6.07) is 5.50. The lowest BCUT2D eigenvalue weighted by Crippen LogP contribution is -2.05. The number of H-pyrrole nitrogens is 1. The Morgan fingerprint density at radius 2 is 2.33 bits per heavy atom. The minimum Gasteiger partial charge on any atom is -0.201 e. The summed E-state index contributed by atoms with van der Waals surface area (Å²) in [6.07, 6.45) is 1.72. The molecule has 44 valence electrons. The van der Waals surface area contributed by atoms with Gasteiger partial charge in [0.1, 0.15) is 0 Å². The van der Waals surface area contributed by atoms with Crippen LogP contribution in [0.3, 0.4) is 0 Å². The van der Waals surface area contributed by atoms with Gasteiger partial charge in [-0.05, 0) is 22.0 Å². The van der Waals surface area contributed by atoms with E-state index in [1.165, 1.54) is 0 Å². The Morgan fingerprint density at radius 1 is 1.56 bits per heavy atom. The number of aromatic amines is 1. The maximum atomic E-state index is 8.33. The first-order valence-corrected chi connectivity index (χ1v) is 3.19. The Bertz CT molecular complexity index is 234. The maximum absolute atomic E-state index is 8.33. The van der Waals surface area contributed by atoms with Gasteiger partial charge in [-0.2, -0.15) is 5.26 Å². The molecule has 0 spiro atoms. The molecule has 2 nitrogen and oxygen atoms in total. The minimum absolute atomic E-state index is 0.568. The standard InChI is InChI=1S/C6H3BrN2/c7-5-1-2-6(3-8)9-4-5/h1-2,4H/p+1. The second-order valence-electron chi connectivity index (χ2n) is 1.53. The molecule has 1 N–H and O–H groups in total. The molecule has 0 saturated carbocycles. The van der Waals surface area contributed by atoms with Crippen molar-refractivity contribution in [3.63, 3.8) is 0 Å². The summed E-state index contributed by atoms with van der Waals surface area (Å²) in [4.78, 5) is 2.78. The van der Waals surface area contributed by atoms with Crippen LogP contribution in [0.15, 0.2) is 22.8 Å². The van der Waals surface area contributed by atoms with Crippen molar-refractivity contribution in [2.45, 2.75) is 0 Å². The van der Waals surface area contributed by atoms with E-state index in [-0.39, 0.29) is 0 Å². The van der Waals surface area contributed by atoms with Gasteiger partial charge < -0.3 is 0 Å². The van der Waals surface area contributed by atoms with Crippen molar-refractivity contribution >= 4 is 15.9 Å². The summed E-state index contributed by atoms with van der Waals surface area (Å²) in [5.41, 5.74) is 0.568. The molecule has 3 heteroatoms. The SMILES string of the molecule is N#Cc1ccc(Br)c[nH+]1. The van der Waals surface area contributed by atoms with E-state index in [0.29, 0.717) is 5.69 Å². The topological polar surface area (TPSA) is 37.9 Å². The van der Waals surface area contributed by atoms with Crippen molar-refractivity contribution < 1.29 is 4.98 Å². The minimum atomic E-state index is 0.568. The highest BCUT2D eigenvalue weighted by atomic mass is 79.9. The summed E-state index contributed by atoms with van der Waals surface area (Å²) in [6.45, 7) is 0. The van der Waals surface area contributed by atoms with Gasteiger partial charge in [0.05, 0.1) is 4.47 Å². The second kappa shape index (κ2) is 2.60. The third-order valence-corrected chi connectivity index (χ3v) is 1.39. The number of pyridine rings is 1. The highest BCUT2D eigenvalue weighted by molar-refractivity contribution is 9.10. The lowest BCUT2D eigenvalue weighted by molar-refractivity contribution is -0.382. The van der Waals surface area contributed by atoms with Crippen molar-refractivity contribution in [1.29, 1.82) is 5.26 Å². The van der Waals surface area contributed by atoms with Crippen LogP contribution in [0.4, 0.5) is 0 Å². The largest absolute Gasteiger partial charge is 0.281 e. The molecule has 0 aliphatic rings. The van der Waals surface area contributed by atoms with Gasteiger partial charge in [0.25, 0.3) is 5.69 Å². The summed E-state index contributed by atoms with van der Waals surface area (Å²) < 4.78 is 0.946. The molecular weight excluding hydrogens is 180 g/mol. The molecule has 1 rings (SSSR count). The summed E-state index contributed by atoms with van der Waals surface area (Å²) in [5, 5.41) is 8.33. The molecule has 0 atom stereocenters. The number of rotatable bonds is 0. The normalized spacial score (nSPS) is 8.44. The monoisotopic (exact) mass is 183 g/mol. The molecule has 0 saturated heterocycles. The average molecular weight is 184 g/mol. The number of nitrogens with zero attached hydrogens (tertiary/aromatic N) is 1. The fourth-order valence-electron chi connectivity index (χ4n) is 0.475. The van der Waals surface area contributed by atoms with Crippen molar-refractivity contribution in [3.8, 4) is 6.07 Å². The van der Waals surface area contributed by atoms with Crippen LogP contribution in [0, 0.1) is 11.3 Å². The van der Waals surface area contributed by atoms with E-state index in [2.05, 4.69) is 20.9 Å². The maximum Gasteiger partial charge on any atom is 0.281 e. The number of aromatic nitrogens is 1. The number of hydrogen-bond donors (Lipinski definition) is 0. The summed E-state index contributed by atoms with van der Waals surface area (Å²) in [7, 11) is 0. The van der Waals surface area contributed by atoms with Crippen molar-refractivity contribution in [3.05, 3.63) is 28.5 Å². The van der Waals surface area contributed by atoms with Gasteiger partial charge in [0, 0.05) is 6.07 Å². The Kier molecular flexibility index (Phi) is 1.81. The van der Waals surface area contributed by atoms with Crippen LogP contribution in [0.2, 0.25) is 0 Å². The van der Waals surface area contributed by atoms with E-state index in [4.69, 9.17) is 5.26 Å². The Morgan fingerprint density at radius 3 is 2.78 bits per heavy atom. The van der Waals surface area contributed by atoms with Crippen LogP contribution in [0.5, 0.6) is 0 Å². The molecular formula is C6H4BrN2+. The molecule has 0 amide bonds. The van der Waals surface area contributed by atoms with Crippen LogP contribution >= 0.6 is 15.9 Å². The van der Waals surface area contributed by atoms with E-state index in [0.717, 1.165) is 4.47 Å². The first kappa shape index (κ1) is 6.24. The predicted octanol–water partition coefficient (Wildman–Crippen LogP) is 1.13. The first-order valence-electron chi connectivity index (χ1n) is 2.40. The fourth-order valence-corrected chi connectivity index (χ4v) is 0.722. The lowest BCUT2D eigenvalue weighted by Gasteiger charge is -1.79. The number of hydrogen-bond acceptors (Lipinski definition) is 1. The van der Waals surface area contributed by atoms with Gasteiger partial charge >= 0.3 is 0 Å². The predicted molar refractivity (Wildman–Crippen MR) is 35.4 cm³/mol. The zero-order valence-electron chi connectivity index (χ0n) is 4.56. The Labute approximate surface area is 61.3 Å². The van der Waals surface area contributed by atoms with E-state index in [1.54, 1.807) is 12.3 Å². The lowest BCUT2D eigenvalue weighted by atomic mass is 10.4. The highest BCUT2D eigenvalue weighted by Gasteiger charge is 1.95. The molecule has 1 heterocycles. The van der Waals surface area contributed by atoms with Crippen molar-refractivity contribution in [1.82, 2.24) is 0 Å². The smallest absolute Gasteiger partial charge is 0.201 e. The van der Waals surface area contributed by atoms with E-state index in [9.17, 15) is 0 Å². The summed E-state index contributed by atoms with van der Waals surface area (Å²) >= 11 is 3.23. The fraction of sp³-hybridized carbons (Fsp3) is 0. The van der Waals surface area contributed by atoms with Crippen LogP contribution < -0.4 is 4.98 Å². The van der Waals surface area contributed by atoms with E-state index in [1.807, 2.05) is 12.1 Å². The first-order chi connectivity index (χ1) is 4.33. The molecule has 0 fully saturated rings. The second-order valence-corrected chi connectivity index (χ2v) is 2.45. The Hall–Kier alpha value is -0.880. The number of nitriles is 1. The summed E-state index contributed by atoms with van der Waals surface area (Å²) in [5.74, 6) is 0. The molecule has 0 unspecified atom stereocenters. The number of halogens is 1. The molecule has 9 heavy (non-hydrogen) atoms. The van der Waals surface area contributed by atoms with Crippen LogP contribution in [-0.4, -0.2) is 0 Å². The molecule has 0 aliphatic heterocycles. The van der Waals surface area contributed by atoms with Gasteiger partial charge in [0.15, 0.2) is 12.3 Å². The van der Waals surface area contributed by atoms with E-state index >= 15 is 0 Å². The Balaban J connectivity index is 3.06. The quantitative estimate of drug-likeness (QED) is 0.595. The van der Waals surface area contributed by atoms with E-state index < -0.39 is 0 Å². The van der Waals surface area contributed by atoms with Crippen LogP contribution in [-0.2, 0) is 0 Å². The van der Waals surface area contributed by atoms with Gasteiger partial charge in [-0.15, -0.1) is 0 Å². The van der Waals surface area contributed by atoms with Gasteiger partial charge in [-0.25, -0.2) is 4.98 Å². The van der Waals surface area contributed by atoms with Crippen LogP contribution in [0.25, 0.3) is 0 Å². The third-order valence-electron chi connectivity index (χ3n) is 0.895.